The molecule has 2 aromatic carbocycles. The minimum Gasteiger partial charge on any atom is -0.388 e. The van der Waals surface area contributed by atoms with Gasteiger partial charge in [-0.25, -0.2) is 9.37 Å². The van der Waals surface area contributed by atoms with Crippen molar-refractivity contribution in [2.75, 3.05) is 18.5 Å². The van der Waals surface area contributed by atoms with Crippen LogP contribution >= 0.6 is 0 Å². The van der Waals surface area contributed by atoms with Crippen LogP contribution in [0.15, 0.2) is 60.8 Å². The lowest BCUT2D eigenvalue weighted by molar-refractivity contribution is 0.169. The third-order valence-electron chi connectivity index (χ3n) is 3.95. The minimum absolute atomic E-state index is 0.294. The molecule has 0 saturated heterocycles. The molecule has 1 aromatic heterocycles. The fourth-order valence-corrected chi connectivity index (χ4v) is 2.47. The molecule has 0 aliphatic carbocycles. The molecule has 0 bridgehead atoms. The Morgan fingerprint density at radius 3 is 2.52 bits per heavy atom. The summed E-state index contributed by atoms with van der Waals surface area (Å²) in [5.74, 6) is 0.167. The van der Waals surface area contributed by atoms with Crippen molar-refractivity contribution in [3.05, 3.63) is 72.2 Å². The van der Waals surface area contributed by atoms with Crippen molar-refractivity contribution in [1.82, 2.24) is 15.2 Å². The Labute approximate surface area is 145 Å². The summed E-state index contributed by atoms with van der Waals surface area (Å²) in [4.78, 5) is 6.31. The molecule has 0 aliphatic rings. The average Bonchev–Trinajstić information content (AvgIpc) is 2.67. The maximum atomic E-state index is 13.0. The van der Waals surface area contributed by atoms with Gasteiger partial charge in [0.15, 0.2) is 0 Å². The molecular formula is C19H19FN4O. The lowest BCUT2D eigenvalue weighted by Gasteiger charge is -2.19. The number of anilines is 1. The molecule has 1 atom stereocenters. The van der Waals surface area contributed by atoms with Gasteiger partial charge < -0.3 is 10.0 Å². The van der Waals surface area contributed by atoms with E-state index in [-0.39, 0.29) is 5.82 Å². The summed E-state index contributed by atoms with van der Waals surface area (Å²) in [6.45, 7) is 0.574. The molecule has 0 saturated carbocycles. The Morgan fingerprint density at radius 1 is 1.08 bits per heavy atom. The van der Waals surface area contributed by atoms with E-state index in [1.165, 1.54) is 12.1 Å². The monoisotopic (exact) mass is 338 g/mol. The number of halogens is 1. The van der Waals surface area contributed by atoms with E-state index < -0.39 is 6.10 Å². The molecule has 0 radical (unpaired) electrons. The van der Waals surface area contributed by atoms with Crippen molar-refractivity contribution in [3.8, 4) is 11.3 Å². The lowest BCUT2D eigenvalue weighted by Crippen LogP contribution is -2.23. The van der Waals surface area contributed by atoms with E-state index in [1.54, 1.807) is 18.3 Å². The third kappa shape index (κ3) is 4.36. The normalized spacial score (nSPS) is 12.0. The number of rotatable bonds is 6. The number of aliphatic hydroxyl groups excluding tert-OH is 1. The number of hydrogen-bond donors (Lipinski definition) is 1. The maximum absolute atomic E-state index is 13.0. The molecule has 6 heteroatoms. The molecule has 3 rings (SSSR count). The van der Waals surface area contributed by atoms with Gasteiger partial charge >= 0.3 is 0 Å². The lowest BCUT2D eigenvalue weighted by atomic mass is 10.1. The van der Waals surface area contributed by atoms with Gasteiger partial charge in [-0.2, -0.15) is 5.10 Å². The number of benzene rings is 2. The standard InChI is InChI=1S/C19H19FN4O/c1-24(12-11-18(25)15-5-3-2-4-6-15)19-22-17(13-21-23-19)14-7-9-16(20)10-8-14/h2-10,13,18,25H,11-12H2,1H3. The zero-order valence-corrected chi connectivity index (χ0v) is 13.9. The predicted molar refractivity (Wildman–Crippen MR) is 94.5 cm³/mol. The van der Waals surface area contributed by atoms with Crippen LogP contribution in [0.5, 0.6) is 0 Å². The summed E-state index contributed by atoms with van der Waals surface area (Å²) >= 11 is 0. The zero-order valence-electron chi connectivity index (χ0n) is 13.9. The van der Waals surface area contributed by atoms with Gasteiger partial charge in [-0.3, -0.25) is 0 Å². The first-order valence-corrected chi connectivity index (χ1v) is 8.03. The Hall–Kier alpha value is -2.86. The van der Waals surface area contributed by atoms with Crippen molar-refractivity contribution in [3.63, 3.8) is 0 Å². The van der Waals surface area contributed by atoms with Crippen molar-refractivity contribution >= 4 is 5.95 Å². The van der Waals surface area contributed by atoms with Crippen LogP contribution in [0.1, 0.15) is 18.1 Å². The van der Waals surface area contributed by atoms with Crippen LogP contribution < -0.4 is 4.90 Å². The summed E-state index contributed by atoms with van der Waals surface area (Å²) in [6.07, 6.45) is 1.55. The van der Waals surface area contributed by atoms with Crippen LogP contribution in [0.25, 0.3) is 11.3 Å². The fourth-order valence-electron chi connectivity index (χ4n) is 2.47. The second-order valence-electron chi connectivity index (χ2n) is 5.79. The molecule has 1 N–H and O–H groups in total. The number of aliphatic hydroxyl groups is 1. The molecule has 1 heterocycles. The van der Waals surface area contributed by atoms with Crippen LogP contribution in [0.4, 0.5) is 10.3 Å². The van der Waals surface area contributed by atoms with Gasteiger partial charge in [-0.1, -0.05) is 30.3 Å². The fraction of sp³-hybridized carbons (Fsp3) is 0.211. The number of hydrogen-bond acceptors (Lipinski definition) is 5. The van der Waals surface area contributed by atoms with Crippen LogP contribution in [0.2, 0.25) is 0 Å². The highest BCUT2D eigenvalue weighted by Gasteiger charge is 2.12. The summed E-state index contributed by atoms with van der Waals surface area (Å²) in [5, 5.41) is 18.3. The first kappa shape index (κ1) is 17.0. The quantitative estimate of drug-likeness (QED) is 0.748. The van der Waals surface area contributed by atoms with Crippen LogP contribution in [0.3, 0.4) is 0 Å². The molecule has 0 amide bonds. The first-order chi connectivity index (χ1) is 12.1. The van der Waals surface area contributed by atoms with E-state index in [4.69, 9.17) is 0 Å². The average molecular weight is 338 g/mol. The highest BCUT2D eigenvalue weighted by atomic mass is 19.1. The minimum atomic E-state index is -0.545. The summed E-state index contributed by atoms with van der Waals surface area (Å²) in [7, 11) is 1.85. The Balaban J connectivity index is 1.67. The maximum Gasteiger partial charge on any atom is 0.245 e. The largest absolute Gasteiger partial charge is 0.388 e. The van der Waals surface area contributed by atoms with Gasteiger partial charge in [-0.15, -0.1) is 5.10 Å². The number of nitrogens with zero attached hydrogens (tertiary/aromatic N) is 4. The van der Waals surface area contributed by atoms with E-state index >= 15 is 0 Å². The Bertz CT molecular complexity index is 811. The van der Waals surface area contributed by atoms with Crippen molar-refractivity contribution in [1.29, 1.82) is 0 Å². The summed E-state index contributed by atoms with van der Waals surface area (Å²) in [5.41, 5.74) is 2.28. The summed E-state index contributed by atoms with van der Waals surface area (Å²) in [6, 6.07) is 15.6. The molecule has 5 nitrogen and oxygen atoms in total. The van der Waals surface area contributed by atoms with Gasteiger partial charge in [0.2, 0.25) is 5.95 Å². The van der Waals surface area contributed by atoms with Crippen molar-refractivity contribution in [2.24, 2.45) is 0 Å². The smallest absolute Gasteiger partial charge is 0.245 e. The second-order valence-corrected chi connectivity index (χ2v) is 5.79. The van der Waals surface area contributed by atoms with E-state index in [0.717, 1.165) is 11.1 Å². The van der Waals surface area contributed by atoms with Crippen molar-refractivity contribution in [2.45, 2.75) is 12.5 Å². The molecule has 25 heavy (non-hydrogen) atoms. The SMILES string of the molecule is CN(CCC(O)c1ccccc1)c1nncc(-c2ccc(F)cc2)n1. The highest BCUT2D eigenvalue weighted by molar-refractivity contribution is 5.58. The van der Waals surface area contributed by atoms with Gasteiger partial charge in [0.1, 0.15) is 5.82 Å². The van der Waals surface area contributed by atoms with Gasteiger partial charge in [0, 0.05) is 19.2 Å². The molecule has 1 unspecified atom stereocenters. The highest BCUT2D eigenvalue weighted by Crippen LogP contribution is 2.20. The zero-order chi connectivity index (χ0) is 17.6. The van der Waals surface area contributed by atoms with Gasteiger partial charge in [-0.05, 0) is 36.2 Å². The van der Waals surface area contributed by atoms with Crippen molar-refractivity contribution < 1.29 is 9.50 Å². The summed E-state index contributed by atoms with van der Waals surface area (Å²) < 4.78 is 13.0. The van der Waals surface area contributed by atoms with E-state index in [2.05, 4.69) is 15.2 Å². The van der Waals surface area contributed by atoms with Crippen LogP contribution in [0, 0.1) is 5.82 Å². The topological polar surface area (TPSA) is 62.1 Å². The van der Waals surface area contributed by atoms with Gasteiger partial charge in [0.05, 0.1) is 18.0 Å². The van der Waals surface area contributed by atoms with Crippen LogP contribution in [-0.4, -0.2) is 33.9 Å². The Morgan fingerprint density at radius 2 is 1.80 bits per heavy atom. The van der Waals surface area contributed by atoms with E-state index in [1.807, 2.05) is 42.3 Å². The second kappa shape index (κ2) is 7.81. The third-order valence-corrected chi connectivity index (χ3v) is 3.95. The number of aromatic nitrogens is 3. The Kier molecular flexibility index (Phi) is 5.30. The first-order valence-electron chi connectivity index (χ1n) is 8.03. The molecule has 3 aromatic rings. The molecular weight excluding hydrogens is 319 g/mol. The molecule has 0 spiro atoms. The molecule has 0 fully saturated rings. The van der Waals surface area contributed by atoms with E-state index in [9.17, 15) is 9.50 Å². The predicted octanol–water partition coefficient (Wildman–Crippen LogP) is 3.24. The van der Waals surface area contributed by atoms with E-state index in [0.29, 0.717) is 24.6 Å². The van der Waals surface area contributed by atoms with Gasteiger partial charge in [0.25, 0.3) is 0 Å². The molecule has 128 valence electrons. The van der Waals surface area contributed by atoms with Crippen LogP contribution in [-0.2, 0) is 0 Å². The molecule has 0 aliphatic heterocycles.